The van der Waals surface area contributed by atoms with Crippen molar-refractivity contribution >= 4 is 27.9 Å². The molecule has 220 valence electrons. The van der Waals surface area contributed by atoms with Crippen LogP contribution in [0.5, 0.6) is 5.75 Å². The Morgan fingerprint density at radius 2 is 1.70 bits per heavy atom. The van der Waals surface area contributed by atoms with E-state index < -0.39 is 11.9 Å². The van der Waals surface area contributed by atoms with Gasteiger partial charge in [0.15, 0.2) is 0 Å². The molecule has 1 aliphatic carbocycles. The third kappa shape index (κ3) is 5.65. The number of ether oxygens (including phenoxy) is 1. The van der Waals surface area contributed by atoms with Crippen molar-refractivity contribution in [2.75, 3.05) is 0 Å². The first-order chi connectivity index (χ1) is 21.5. The summed E-state index contributed by atoms with van der Waals surface area (Å²) in [6, 6.07) is 30.7. The number of aromatic nitrogens is 4. The summed E-state index contributed by atoms with van der Waals surface area (Å²) >= 11 is 0. The molecule has 0 radical (unpaired) electrons. The molecule has 0 saturated heterocycles. The molecule has 1 unspecified atom stereocenters. The maximum Gasteiger partial charge on any atom is 0.307 e. The minimum Gasteiger partial charge on any atom is -0.487 e. The molecule has 7 nitrogen and oxygen atoms in total. The minimum atomic E-state index is -0.740. The van der Waals surface area contributed by atoms with Gasteiger partial charge in [-0.15, -0.1) is 0 Å². The lowest BCUT2D eigenvalue weighted by atomic mass is 9.78. The first-order valence-corrected chi connectivity index (χ1v) is 15.2. The summed E-state index contributed by atoms with van der Waals surface area (Å²) in [7, 11) is 0. The number of nitrogens with zero attached hydrogens (tertiary/aromatic N) is 4. The number of carboxylic acid groups (broad SMARTS) is 1. The summed E-state index contributed by atoms with van der Waals surface area (Å²) in [4.78, 5) is 26.6. The Morgan fingerprint density at radius 3 is 2.52 bits per heavy atom. The summed E-state index contributed by atoms with van der Waals surface area (Å²) in [6.45, 7) is 2.93. The highest BCUT2D eigenvalue weighted by molar-refractivity contribution is 5.79. The monoisotopic (exact) mass is 582 g/mol. The number of rotatable bonds is 8. The summed E-state index contributed by atoms with van der Waals surface area (Å²) < 4.78 is 8.38. The number of carboxylic acids is 1. The van der Waals surface area contributed by atoms with E-state index in [1.54, 1.807) is 0 Å². The van der Waals surface area contributed by atoms with Crippen molar-refractivity contribution in [2.45, 2.75) is 51.7 Å². The maximum atomic E-state index is 12.3. The maximum absolute atomic E-state index is 12.3. The predicted molar refractivity (Wildman–Crippen MR) is 172 cm³/mol. The van der Waals surface area contributed by atoms with E-state index in [-0.39, 0.29) is 5.92 Å². The van der Waals surface area contributed by atoms with Gasteiger partial charge in [0.2, 0.25) is 0 Å². The Hall–Kier alpha value is -5.04. The molecule has 44 heavy (non-hydrogen) atoms. The Labute approximate surface area is 256 Å². The van der Waals surface area contributed by atoms with Gasteiger partial charge in [-0.25, -0.2) is 9.97 Å². The Morgan fingerprint density at radius 1 is 0.886 bits per heavy atom. The molecule has 0 spiro atoms. The molecule has 2 atom stereocenters. The lowest BCUT2D eigenvalue weighted by Gasteiger charge is -2.28. The molecular weight excluding hydrogens is 548 g/mol. The second-order valence-corrected chi connectivity index (χ2v) is 11.7. The van der Waals surface area contributed by atoms with Gasteiger partial charge in [-0.1, -0.05) is 67.4 Å². The largest absolute Gasteiger partial charge is 0.487 e. The number of pyridine rings is 2. The molecule has 7 rings (SSSR count). The number of benzene rings is 3. The lowest BCUT2D eigenvalue weighted by Crippen LogP contribution is -2.27. The van der Waals surface area contributed by atoms with Gasteiger partial charge in [0.25, 0.3) is 0 Å². The zero-order valence-corrected chi connectivity index (χ0v) is 24.7. The van der Waals surface area contributed by atoms with Gasteiger partial charge in [-0.05, 0) is 61.2 Å². The van der Waals surface area contributed by atoms with Crippen LogP contribution >= 0.6 is 0 Å². The molecule has 7 heteroatoms. The number of hydrogen-bond donors (Lipinski definition) is 1. The molecule has 0 amide bonds. The quantitative estimate of drug-likeness (QED) is 0.196. The fraction of sp³-hybridized carbons (Fsp3) is 0.243. The number of aliphatic carboxylic acids is 1. The van der Waals surface area contributed by atoms with E-state index in [1.807, 2.05) is 67.7 Å². The number of aryl methyl sites for hydroxylation is 1. The molecular formula is C37H34N4O3. The topological polar surface area (TPSA) is 90.1 Å². The van der Waals surface area contributed by atoms with Crippen LogP contribution in [-0.2, 0) is 17.9 Å². The van der Waals surface area contributed by atoms with Gasteiger partial charge in [0, 0.05) is 41.4 Å². The molecule has 6 aromatic rings. The van der Waals surface area contributed by atoms with Crippen LogP contribution in [0.1, 0.15) is 54.4 Å². The van der Waals surface area contributed by atoms with Crippen LogP contribution in [-0.4, -0.2) is 30.6 Å². The molecule has 1 aliphatic rings. The summed E-state index contributed by atoms with van der Waals surface area (Å²) in [6.07, 6.45) is 5.33. The number of para-hydroxylation sites is 1. The van der Waals surface area contributed by atoms with E-state index in [0.717, 1.165) is 75.1 Å². The number of imidazole rings is 1. The first kappa shape index (κ1) is 27.8. The van der Waals surface area contributed by atoms with Crippen LogP contribution in [0, 0.1) is 12.8 Å². The molecule has 3 heterocycles. The Bertz CT molecular complexity index is 1950. The smallest absolute Gasteiger partial charge is 0.307 e. The number of fused-ring (bicyclic) bond motifs is 2. The third-order valence-electron chi connectivity index (χ3n) is 8.75. The van der Waals surface area contributed by atoms with E-state index in [0.29, 0.717) is 25.3 Å². The Balaban J connectivity index is 1.20. The fourth-order valence-corrected chi connectivity index (χ4v) is 6.37. The van der Waals surface area contributed by atoms with Gasteiger partial charge < -0.3 is 14.4 Å². The molecule has 0 bridgehead atoms. The SMILES string of the molecule is Cc1ccc(-c2ccc(Cn3c(C4CCCC[C@H]4C(=O)O)nc4cc(OCc5ccc6ccccc6n5)ccc43)cc2)cn1. The fourth-order valence-electron chi connectivity index (χ4n) is 6.37. The summed E-state index contributed by atoms with van der Waals surface area (Å²) in [5.41, 5.74) is 7.87. The van der Waals surface area contributed by atoms with Gasteiger partial charge in [-0.2, -0.15) is 0 Å². The zero-order chi connectivity index (χ0) is 30.0. The average molecular weight is 583 g/mol. The van der Waals surface area contributed by atoms with Crippen LogP contribution in [0.2, 0.25) is 0 Å². The van der Waals surface area contributed by atoms with Crippen molar-refractivity contribution in [3.05, 3.63) is 120 Å². The number of hydrogen-bond acceptors (Lipinski definition) is 5. The number of carbonyl (C=O) groups is 1. The molecule has 0 aliphatic heterocycles. The van der Waals surface area contributed by atoms with Crippen molar-refractivity contribution in [1.29, 1.82) is 0 Å². The molecule has 1 fully saturated rings. The second kappa shape index (κ2) is 11.9. The van der Waals surface area contributed by atoms with Crippen LogP contribution in [0.15, 0.2) is 97.2 Å². The van der Waals surface area contributed by atoms with Gasteiger partial charge in [0.05, 0.1) is 28.2 Å². The molecule has 3 aromatic carbocycles. The summed E-state index contributed by atoms with van der Waals surface area (Å²) in [5.74, 6) is 0.227. The molecule has 1 saturated carbocycles. The van der Waals surface area contributed by atoms with Crippen molar-refractivity contribution in [2.24, 2.45) is 5.92 Å². The zero-order valence-electron chi connectivity index (χ0n) is 24.7. The van der Waals surface area contributed by atoms with Crippen LogP contribution in [0.3, 0.4) is 0 Å². The molecule has 1 N–H and O–H groups in total. The van der Waals surface area contributed by atoms with E-state index in [1.165, 1.54) is 0 Å². The van der Waals surface area contributed by atoms with Crippen LogP contribution in [0.25, 0.3) is 33.1 Å². The normalized spacial score (nSPS) is 16.8. The van der Waals surface area contributed by atoms with E-state index in [2.05, 4.69) is 45.9 Å². The minimum absolute atomic E-state index is 0.141. The van der Waals surface area contributed by atoms with E-state index in [9.17, 15) is 9.90 Å². The van der Waals surface area contributed by atoms with Gasteiger partial charge in [0.1, 0.15) is 18.2 Å². The van der Waals surface area contributed by atoms with Crippen molar-refractivity contribution < 1.29 is 14.6 Å². The highest BCUT2D eigenvalue weighted by atomic mass is 16.5. The second-order valence-electron chi connectivity index (χ2n) is 11.7. The van der Waals surface area contributed by atoms with Crippen molar-refractivity contribution in [3.63, 3.8) is 0 Å². The van der Waals surface area contributed by atoms with Gasteiger partial charge in [-0.3, -0.25) is 9.78 Å². The Kier molecular flexibility index (Phi) is 7.52. The lowest BCUT2D eigenvalue weighted by molar-refractivity contribution is -0.143. The highest BCUT2D eigenvalue weighted by Crippen LogP contribution is 2.39. The highest BCUT2D eigenvalue weighted by Gasteiger charge is 2.35. The standard InChI is InChI=1S/C37H34N4O3/c1-24-10-13-28(21-38-24)26-14-11-25(12-15-26)22-41-35-19-18-30(44-23-29-17-16-27-6-2-5-9-33(27)39-29)20-34(35)40-36(41)31-7-3-4-8-32(31)37(42)43/h2,5-6,9-21,31-32H,3-4,7-8,22-23H2,1H3,(H,42,43)/t31?,32-/m1/s1. The van der Waals surface area contributed by atoms with E-state index in [4.69, 9.17) is 14.7 Å². The van der Waals surface area contributed by atoms with Crippen molar-refractivity contribution in [3.8, 4) is 16.9 Å². The van der Waals surface area contributed by atoms with Crippen LogP contribution in [0.4, 0.5) is 0 Å². The average Bonchev–Trinajstić information content (AvgIpc) is 3.41. The van der Waals surface area contributed by atoms with Gasteiger partial charge >= 0.3 is 5.97 Å². The first-order valence-electron chi connectivity index (χ1n) is 15.2. The summed E-state index contributed by atoms with van der Waals surface area (Å²) in [5, 5.41) is 11.2. The van der Waals surface area contributed by atoms with Crippen LogP contribution < -0.4 is 4.74 Å². The predicted octanol–water partition coefficient (Wildman–Crippen LogP) is 7.94. The van der Waals surface area contributed by atoms with Crippen molar-refractivity contribution in [1.82, 2.24) is 19.5 Å². The molecule has 3 aromatic heterocycles. The van der Waals surface area contributed by atoms with E-state index >= 15 is 0 Å². The third-order valence-corrected chi connectivity index (χ3v) is 8.75.